The van der Waals surface area contributed by atoms with Crippen molar-refractivity contribution in [2.24, 2.45) is 17.6 Å². The lowest BCUT2D eigenvalue weighted by Gasteiger charge is -2.24. The van der Waals surface area contributed by atoms with Gasteiger partial charge < -0.3 is 5.73 Å². The Morgan fingerprint density at radius 1 is 1.33 bits per heavy atom. The Hall–Kier alpha value is -0.370. The van der Waals surface area contributed by atoms with Gasteiger partial charge in [-0.1, -0.05) is 19.8 Å². The Balaban J connectivity index is 2.29. The predicted molar refractivity (Wildman–Crippen MR) is 49.8 cm³/mol. The van der Waals surface area contributed by atoms with Crippen LogP contribution in [-0.4, -0.2) is 12.3 Å². The standard InChI is InChI=1S/C10H19NO/c1-8-2-4-9(5-3-8)10(12)6-7-11/h8-9H,2-7,11H2,1H3. The first-order chi connectivity index (χ1) is 5.74. The summed E-state index contributed by atoms with van der Waals surface area (Å²) in [6, 6.07) is 0. The molecule has 1 rings (SSSR count). The molecular weight excluding hydrogens is 150 g/mol. The van der Waals surface area contributed by atoms with E-state index >= 15 is 0 Å². The van der Waals surface area contributed by atoms with Gasteiger partial charge in [0.15, 0.2) is 0 Å². The van der Waals surface area contributed by atoms with Crippen molar-refractivity contribution in [3.8, 4) is 0 Å². The monoisotopic (exact) mass is 169 g/mol. The maximum Gasteiger partial charge on any atom is 0.137 e. The number of nitrogens with two attached hydrogens (primary N) is 1. The van der Waals surface area contributed by atoms with Crippen LogP contribution in [0.2, 0.25) is 0 Å². The molecule has 2 nitrogen and oxygen atoms in total. The van der Waals surface area contributed by atoms with Gasteiger partial charge in [-0.3, -0.25) is 4.79 Å². The van der Waals surface area contributed by atoms with Gasteiger partial charge in [-0.2, -0.15) is 0 Å². The van der Waals surface area contributed by atoms with E-state index in [-0.39, 0.29) is 0 Å². The van der Waals surface area contributed by atoms with Gasteiger partial charge >= 0.3 is 0 Å². The topological polar surface area (TPSA) is 43.1 Å². The number of ketones is 1. The first-order valence-corrected chi connectivity index (χ1v) is 4.96. The molecule has 0 aromatic heterocycles. The minimum atomic E-state index is 0.338. The number of hydrogen-bond acceptors (Lipinski definition) is 2. The normalized spacial score (nSPS) is 30.2. The highest BCUT2D eigenvalue weighted by molar-refractivity contribution is 5.81. The quantitative estimate of drug-likeness (QED) is 0.699. The number of carbonyl (C=O) groups is 1. The van der Waals surface area contributed by atoms with E-state index in [9.17, 15) is 4.79 Å². The molecule has 0 amide bonds. The zero-order valence-electron chi connectivity index (χ0n) is 7.88. The first kappa shape index (κ1) is 9.72. The summed E-state index contributed by atoms with van der Waals surface area (Å²) in [5, 5.41) is 0. The van der Waals surface area contributed by atoms with Gasteiger partial charge in [-0.25, -0.2) is 0 Å². The summed E-state index contributed by atoms with van der Waals surface area (Å²) in [7, 11) is 0. The highest BCUT2D eigenvalue weighted by atomic mass is 16.1. The summed E-state index contributed by atoms with van der Waals surface area (Å²) in [5.41, 5.74) is 5.34. The Labute approximate surface area is 74.5 Å². The second kappa shape index (κ2) is 4.61. The SMILES string of the molecule is CC1CCC(C(=O)CCN)CC1. The minimum absolute atomic E-state index is 0.338. The molecule has 0 saturated heterocycles. The van der Waals surface area contributed by atoms with Crippen LogP contribution in [0.25, 0.3) is 0 Å². The average molecular weight is 169 g/mol. The molecule has 0 unspecified atom stereocenters. The van der Waals surface area contributed by atoms with Gasteiger partial charge in [0.05, 0.1) is 0 Å². The maximum atomic E-state index is 11.4. The lowest BCUT2D eigenvalue weighted by atomic mass is 9.80. The smallest absolute Gasteiger partial charge is 0.137 e. The average Bonchev–Trinajstić information content (AvgIpc) is 2.06. The number of rotatable bonds is 3. The van der Waals surface area contributed by atoms with Crippen LogP contribution in [-0.2, 0) is 4.79 Å². The van der Waals surface area contributed by atoms with Crippen LogP contribution in [0, 0.1) is 11.8 Å². The van der Waals surface area contributed by atoms with Crippen LogP contribution in [0.5, 0.6) is 0 Å². The molecule has 70 valence electrons. The van der Waals surface area contributed by atoms with Gasteiger partial charge in [0.25, 0.3) is 0 Å². The van der Waals surface area contributed by atoms with Crippen LogP contribution in [0.15, 0.2) is 0 Å². The molecule has 0 aromatic rings. The molecule has 0 aliphatic heterocycles. The van der Waals surface area contributed by atoms with E-state index in [4.69, 9.17) is 5.73 Å². The molecule has 2 heteroatoms. The fraction of sp³-hybridized carbons (Fsp3) is 0.900. The third-order valence-electron chi connectivity index (χ3n) is 2.86. The van der Waals surface area contributed by atoms with E-state index in [0.717, 1.165) is 18.8 Å². The molecule has 0 bridgehead atoms. The summed E-state index contributed by atoms with van der Waals surface area (Å²) >= 11 is 0. The summed E-state index contributed by atoms with van der Waals surface area (Å²) < 4.78 is 0. The third kappa shape index (κ3) is 2.59. The molecule has 1 aliphatic carbocycles. The second-order valence-electron chi connectivity index (χ2n) is 3.96. The second-order valence-corrected chi connectivity index (χ2v) is 3.96. The highest BCUT2D eigenvalue weighted by Crippen LogP contribution is 2.29. The molecule has 2 N–H and O–H groups in total. The Kier molecular flexibility index (Phi) is 3.73. The number of carbonyl (C=O) groups excluding carboxylic acids is 1. The van der Waals surface area contributed by atoms with Crippen molar-refractivity contribution in [3.63, 3.8) is 0 Å². The van der Waals surface area contributed by atoms with E-state index in [0.29, 0.717) is 24.7 Å². The van der Waals surface area contributed by atoms with E-state index in [1.165, 1.54) is 12.8 Å². The van der Waals surface area contributed by atoms with Crippen molar-refractivity contribution >= 4 is 5.78 Å². The minimum Gasteiger partial charge on any atom is -0.330 e. The van der Waals surface area contributed by atoms with Gasteiger partial charge in [-0.05, 0) is 25.3 Å². The van der Waals surface area contributed by atoms with Crippen molar-refractivity contribution < 1.29 is 4.79 Å². The molecule has 0 heterocycles. The Morgan fingerprint density at radius 3 is 2.42 bits per heavy atom. The number of hydrogen-bond donors (Lipinski definition) is 1. The van der Waals surface area contributed by atoms with Crippen molar-refractivity contribution in [2.75, 3.05) is 6.54 Å². The largest absolute Gasteiger partial charge is 0.330 e. The van der Waals surface area contributed by atoms with Crippen molar-refractivity contribution in [2.45, 2.75) is 39.0 Å². The van der Waals surface area contributed by atoms with Crippen molar-refractivity contribution in [1.29, 1.82) is 0 Å². The highest BCUT2D eigenvalue weighted by Gasteiger charge is 2.23. The van der Waals surface area contributed by atoms with Crippen LogP contribution < -0.4 is 5.73 Å². The fourth-order valence-corrected chi connectivity index (χ4v) is 1.93. The van der Waals surface area contributed by atoms with Crippen LogP contribution in [0.1, 0.15) is 39.0 Å². The van der Waals surface area contributed by atoms with E-state index in [1.54, 1.807) is 0 Å². The van der Waals surface area contributed by atoms with E-state index < -0.39 is 0 Å². The molecule has 12 heavy (non-hydrogen) atoms. The van der Waals surface area contributed by atoms with Crippen LogP contribution >= 0.6 is 0 Å². The summed E-state index contributed by atoms with van der Waals surface area (Å²) in [5.74, 6) is 1.56. The Bertz CT molecular complexity index is 148. The predicted octanol–water partition coefficient (Wildman–Crippen LogP) is 1.73. The summed E-state index contributed by atoms with van der Waals surface area (Å²) in [6.45, 7) is 2.79. The van der Waals surface area contributed by atoms with Crippen LogP contribution in [0.4, 0.5) is 0 Å². The molecule has 1 fully saturated rings. The van der Waals surface area contributed by atoms with Crippen molar-refractivity contribution in [3.05, 3.63) is 0 Å². The fourth-order valence-electron chi connectivity index (χ4n) is 1.93. The zero-order chi connectivity index (χ0) is 8.97. The zero-order valence-corrected chi connectivity index (χ0v) is 7.88. The Morgan fingerprint density at radius 2 is 1.92 bits per heavy atom. The third-order valence-corrected chi connectivity index (χ3v) is 2.86. The molecule has 1 saturated carbocycles. The first-order valence-electron chi connectivity index (χ1n) is 4.96. The maximum absolute atomic E-state index is 11.4. The van der Waals surface area contributed by atoms with Gasteiger partial charge in [0, 0.05) is 12.3 Å². The molecule has 0 spiro atoms. The van der Waals surface area contributed by atoms with E-state index in [1.807, 2.05) is 0 Å². The molecule has 0 aromatic carbocycles. The van der Waals surface area contributed by atoms with Gasteiger partial charge in [0.1, 0.15) is 5.78 Å². The van der Waals surface area contributed by atoms with E-state index in [2.05, 4.69) is 6.92 Å². The lowest BCUT2D eigenvalue weighted by Crippen LogP contribution is -2.22. The van der Waals surface area contributed by atoms with Crippen LogP contribution in [0.3, 0.4) is 0 Å². The summed E-state index contributed by atoms with van der Waals surface area (Å²) in [6.07, 6.45) is 5.22. The summed E-state index contributed by atoms with van der Waals surface area (Å²) in [4.78, 5) is 11.4. The van der Waals surface area contributed by atoms with Gasteiger partial charge in [-0.15, -0.1) is 0 Å². The molecule has 0 radical (unpaired) electrons. The molecule has 1 aliphatic rings. The lowest BCUT2D eigenvalue weighted by molar-refractivity contribution is -0.123. The van der Waals surface area contributed by atoms with Gasteiger partial charge in [0.2, 0.25) is 0 Å². The molecular formula is C10H19NO. The number of Topliss-reactive ketones (excluding diaryl/α,β-unsaturated/α-hetero) is 1. The van der Waals surface area contributed by atoms with Crippen molar-refractivity contribution in [1.82, 2.24) is 0 Å². The molecule has 0 atom stereocenters.